The van der Waals surface area contributed by atoms with E-state index in [1.807, 2.05) is 6.92 Å². The Labute approximate surface area is 184 Å². The van der Waals surface area contributed by atoms with Crippen LogP contribution in [0.4, 0.5) is 5.82 Å². The van der Waals surface area contributed by atoms with Crippen LogP contribution in [0.15, 0.2) is 40.9 Å². The predicted octanol–water partition coefficient (Wildman–Crippen LogP) is 3.82. The van der Waals surface area contributed by atoms with Crippen molar-refractivity contribution in [2.75, 3.05) is 44.3 Å². The summed E-state index contributed by atoms with van der Waals surface area (Å²) in [5.41, 5.74) is 4.89. The Balaban J connectivity index is 1.41. The van der Waals surface area contributed by atoms with Gasteiger partial charge in [0, 0.05) is 50.3 Å². The number of aromatic nitrogens is 1. The van der Waals surface area contributed by atoms with Crippen molar-refractivity contribution in [3.05, 3.63) is 59.0 Å². The van der Waals surface area contributed by atoms with Crippen molar-refractivity contribution in [3.63, 3.8) is 0 Å². The summed E-state index contributed by atoms with van der Waals surface area (Å²) in [6.07, 6.45) is 2.06. The minimum Gasteiger partial charge on any atom is -0.457 e. The van der Waals surface area contributed by atoms with Crippen LogP contribution in [0, 0.1) is 13.8 Å². The van der Waals surface area contributed by atoms with Gasteiger partial charge in [0.1, 0.15) is 5.76 Å². The minimum atomic E-state index is 0.295. The van der Waals surface area contributed by atoms with Crippen LogP contribution in [0.3, 0.4) is 0 Å². The van der Waals surface area contributed by atoms with Gasteiger partial charge in [-0.05, 0) is 43.5 Å². The molecule has 0 spiro atoms. The normalized spacial score (nSPS) is 22.9. The van der Waals surface area contributed by atoms with Crippen molar-refractivity contribution in [1.82, 2.24) is 15.2 Å². The van der Waals surface area contributed by atoms with Crippen LogP contribution < -0.4 is 10.2 Å². The van der Waals surface area contributed by atoms with Crippen LogP contribution in [0.1, 0.15) is 35.4 Å². The van der Waals surface area contributed by atoms with E-state index in [1.165, 1.54) is 22.1 Å². The van der Waals surface area contributed by atoms with Gasteiger partial charge in [0.15, 0.2) is 11.4 Å². The van der Waals surface area contributed by atoms with Crippen LogP contribution in [-0.2, 0) is 11.3 Å². The van der Waals surface area contributed by atoms with Gasteiger partial charge < -0.3 is 19.4 Å². The number of fused-ring (bicyclic) bond motifs is 1. The molecule has 164 valence electrons. The van der Waals surface area contributed by atoms with Crippen molar-refractivity contribution in [2.24, 2.45) is 0 Å². The Hall–Kier alpha value is -2.41. The lowest BCUT2D eigenvalue weighted by atomic mass is 9.99. The second-order valence-electron chi connectivity index (χ2n) is 8.92. The fraction of sp³-hybridized carbons (Fsp3) is 0.480. The monoisotopic (exact) mass is 420 g/mol. The highest BCUT2D eigenvalue weighted by molar-refractivity contribution is 5.90. The molecule has 1 aromatic carbocycles. The molecule has 2 fully saturated rings. The summed E-state index contributed by atoms with van der Waals surface area (Å²) in [7, 11) is 0. The molecule has 5 rings (SSSR count). The molecule has 2 aliphatic rings. The fourth-order valence-electron chi connectivity index (χ4n) is 4.94. The molecular weight excluding hydrogens is 388 g/mol. The molecule has 0 radical (unpaired) electrons. The number of nitrogens with zero attached hydrogens (tertiary/aromatic N) is 3. The zero-order valence-corrected chi connectivity index (χ0v) is 18.7. The minimum absolute atomic E-state index is 0.295. The number of piperazine rings is 1. The summed E-state index contributed by atoms with van der Waals surface area (Å²) in [4.78, 5) is 9.73. The number of morpholine rings is 1. The molecule has 3 aromatic rings. The number of hydrogen-bond acceptors (Lipinski definition) is 6. The highest BCUT2D eigenvalue weighted by atomic mass is 16.5. The van der Waals surface area contributed by atoms with Crippen LogP contribution in [-0.4, -0.2) is 55.3 Å². The summed E-state index contributed by atoms with van der Waals surface area (Å²) in [5, 5.41) is 4.88. The van der Waals surface area contributed by atoms with Crippen LogP contribution >= 0.6 is 0 Å². The molecule has 0 amide bonds. The number of ether oxygens (including phenoxy) is 1. The van der Waals surface area contributed by atoms with E-state index < -0.39 is 0 Å². The second-order valence-corrected chi connectivity index (χ2v) is 8.92. The number of hydrogen-bond donors (Lipinski definition) is 1. The summed E-state index contributed by atoms with van der Waals surface area (Å²) >= 11 is 0. The topological polar surface area (TPSA) is 53.8 Å². The average molecular weight is 421 g/mol. The van der Waals surface area contributed by atoms with Gasteiger partial charge in [-0.2, -0.15) is 0 Å². The first-order valence-corrected chi connectivity index (χ1v) is 11.3. The predicted molar refractivity (Wildman–Crippen MR) is 124 cm³/mol. The second kappa shape index (κ2) is 8.61. The largest absolute Gasteiger partial charge is 0.457 e. The van der Waals surface area contributed by atoms with Crippen LogP contribution in [0.25, 0.3) is 11.0 Å². The van der Waals surface area contributed by atoms with Crippen molar-refractivity contribution in [1.29, 1.82) is 0 Å². The number of rotatable bonds is 4. The van der Waals surface area contributed by atoms with E-state index in [9.17, 15) is 0 Å². The molecule has 6 nitrogen and oxygen atoms in total. The smallest absolute Gasteiger partial charge is 0.177 e. The quantitative estimate of drug-likeness (QED) is 0.693. The maximum absolute atomic E-state index is 6.16. The van der Waals surface area contributed by atoms with Crippen molar-refractivity contribution >= 4 is 16.8 Å². The number of furan rings is 1. The molecule has 2 aliphatic heterocycles. The van der Waals surface area contributed by atoms with E-state index in [1.54, 1.807) is 0 Å². The molecule has 2 aromatic heterocycles. The van der Waals surface area contributed by atoms with Crippen molar-refractivity contribution in [3.8, 4) is 0 Å². The summed E-state index contributed by atoms with van der Waals surface area (Å²) in [5.74, 6) is 1.88. The number of benzene rings is 1. The SMILES string of the molecule is Cc1cc2c(CN3CCN[C@H](c4ccccc4C)C3)cnc(N3CCOC[C@@H]3C)c2o1. The summed E-state index contributed by atoms with van der Waals surface area (Å²) in [6.45, 7) is 12.6. The van der Waals surface area contributed by atoms with Gasteiger partial charge in [-0.3, -0.25) is 4.90 Å². The molecular formula is C25H32N4O2. The lowest BCUT2D eigenvalue weighted by Crippen LogP contribution is -2.45. The number of aryl methyl sites for hydroxylation is 2. The zero-order chi connectivity index (χ0) is 21.4. The molecule has 2 atom stereocenters. The Morgan fingerprint density at radius 3 is 2.90 bits per heavy atom. The van der Waals surface area contributed by atoms with E-state index in [2.05, 4.69) is 65.5 Å². The Morgan fingerprint density at radius 1 is 1.19 bits per heavy atom. The van der Waals surface area contributed by atoms with E-state index >= 15 is 0 Å². The summed E-state index contributed by atoms with van der Waals surface area (Å²) < 4.78 is 11.8. The molecule has 6 heteroatoms. The maximum atomic E-state index is 6.16. The highest BCUT2D eigenvalue weighted by Gasteiger charge is 2.26. The summed E-state index contributed by atoms with van der Waals surface area (Å²) in [6, 6.07) is 11.5. The number of anilines is 1. The molecule has 2 saturated heterocycles. The third-order valence-electron chi connectivity index (χ3n) is 6.60. The number of nitrogens with one attached hydrogen (secondary N) is 1. The van der Waals surface area contributed by atoms with Gasteiger partial charge in [-0.1, -0.05) is 24.3 Å². The fourth-order valence-corrected chi connectivity index (χ4v) is 4.94. The number of pyridine rings is 1. The third kappa shape index (κ3) is 4.07. The molecule has 0 saturated carbocycles. The van der Waals surface area contributed by atoms with Gasteiger partial charge in [-0.15, -0.1) is 0 Å². The molecule has 0 aliphatic carbocycles. The molecule has 0 bridgehead atoms. The van der Waals surface area contributed by atoms with Crippen LogP contribution in [0.5, 0.6) is 0 Å². The molecule has 1 N–H and O–H groups in total. The van der Waals surface area contributed by atoms with Gasteiger partial charge in [0.2, 0.25) is 0 Å². The van der Waals surface area contributed by atoms with Crippen molar-refractivity contribution in [2.45, 2.75) is 39.4 Å². The van der Waals surface area contributed by atoms with E-state index in [4.69, 9.17) is 14.1 Å². The first kappa shape index (κ1) is 20.5. The van der Waals surface area contributed by atoms with E-state index in [0.717, 1.165) is 63.1 Å². The molecule has 31 heavy (non-hydrogen) atoms. The zero-order valence-electron chi connectivity index (χ0n) is 18.7. The Bertz CT molecular complexity index is 1060. The van der Waals surface area contributed by atoms with Gasteiger partial charge >= 0.3 is 0 Å². The van der Waals surface area contributed by atoms with Crippen molar-refractivity contribution < 1.29 is 9.15 Å². The lowest BCUT2D eigenvalue weighted by Gasteiger charge is -2.35. The average Bonchev–Trinajstić information content (AvgIpc) is 3.17. The van der Waals surface area contributed by atoms with E-state index in [-0.39, 0.29) is 0 Å². The van der Waals surface area contributed by atoms with Gasteiger partial charge in [0.05, 0.1) is 19.3 Å². The first-order valence-electron chi connectivity index (χ1n) is 11.3. The highest BCUT2D eigenvalue weighted by Crippen LogP contribution is 2.33. The van der Waals surface area contributed by atoms with E-state index in [0.29, 0.717) is 12.1 Å². The first-order chi connectivity index (χ1) is 15.1. The molecule has 4 heterocycles. The lowest BCUT2D eigenvalue weighted by molar-refractivity contribution is 0.0986. The maximum Gasteiger partial charge on any atom is 0.177 e. The molecule has 0 unspecified atom stereocenters. The third-order valence-corrected chi connectivity index (χ3v) is 6.60. The Morgan fingerprint density at radius 2 is 2.06 bits per heavy atom. The van der Waals surface area contributed by atoms with Gasteiger partial charge in [-0.25, -0.2) is 4.98 Å². The van der Waals surface area contributed by atoms with Crippen LogP contribution in [0.2, 0.25) is 0 Å². The van der Waals surface area contributed by atoms with Gasteiger partial charge in [0.25, 0.3) is 0 Å². The Kier molecular flexibility index (Phi) is 5.69. The standard InChI is InChI=1S/C25H32N4O2/c1-17-6-4-5-7-21(17)23-15-28(9-8-26-23)14-20-13-27-25(24-22(20)12-19(3)31-24)29-10-11-30-16-18(29)2/h4-7,12-13,18,23,26H,8-11,14-16H2,1-3H3/t18-,23-/m0/s1.